The van der Waals surface area contributed by atoms with E-state index in [1.807, 2.05) is 30.3 Å². The van der Waals surface area contributed by atoms with Crippen LogP contribution in [-0.4, -0.2) is 44.8 Å². The van der Waals surface area contributed by atoms with Gasteiger partial charge in [0.05, 0.1) is 15.6 Å². The van der Waals surface area contributed by atoms with Crippen molar-refractivity contribution in [2.45, 2.75) is 23.9 Å². The maximum Gasteiger partial charge on any atom is 0.264 e. The molecule has 0 saturated heterocycles. The van der Waals surface area contributed by atoms with Crippen LogP contribution >= 0.6 is 34.8 Å². The molecule has 11 heteroatoms. The number of halogens is 3. The summed E-state index contributed by atoms with van der Waals surface area (Å²) in [6.07, 6.45) is 0.176. The first-order chi connectivity index (χ1) is 20.1. The summed E-state index contributed by atoms with van der Waals surface area (Å²) in [6.45, 7) is -0.712. The lowest BCUT2D eigenvalue weighted by Gasteiger charge is -2.34. The molecule has 1 N–H and O–H groups in total. The van der Waals surface area contributed by atoms with Crippen LogP contribution in [0.1, 0.15) is 11.1 Å². The van der Waals surface area contributed by atoms with E-state index in [2.05, 4.69) is 5.32 Å². The van der Waals surface area contributed by atoms with Crippen molar-refractivity contribution in [2.75, 3.05) is 17.9 Å². The number of hydrogen-bond acceptors (Lipinski definition) is 4. The standard InChI is InChI=1S/C31H28Cl3N3O4S/c1-35-31(39)29(18-22-10-4-2-5-11-22)36(20-23-16-17-24(32)19-27(23)34)30(38)21-37(28-15-9-8-14-26(28)33)42(40,41)25-12-6-3-7-13-25/h2-17,19,29H,18,20-21H2,1H3,(H,35,39)/t29-/m1/s1. The third kappa shape index (κ3) is 7.44. The summed E-state index contributed by atoms with van der Waals surface area (Å²) in [7, 11) is -2.76. The molecule has 4 aromatic carbocycles. The number of anilines is 1. The SMILES string of the molecule is CNC(=O)[C@@H](Cc1ccccc1)N(Cc1ccc(Cl)cc1Cl)C(=O)CN(c1ccccc1Cl)S(=O)(=O)c1ccccc1. The van der Waals surface area contributed by atoms with E-state index in [9.17, 15) is 18.0 Å². The van der Waals surface area contributed by atoms with Gasteiger partial charge in [-0.3, -0.25) is 13.9 Å². The van der Waals surface area contributed by atoms with E-state index in [0.717, 1.165) is 9.87 Å². The highest BCUT2D eigenvalue weighted by Gasteiger charge is 2.35. The highest BCUT2D eigenvalue weighted by Crippen LogP contribution is 2.31. The molecule has 0 unspecified atom stereocenters. The van der Waals surface area contributed by atoms with Crippen LogP contribution in [0.2, 0.25) is 15.1 Å². The van der Waals surface area contributed by atoms with Crippen molar-refractivity contribution >= 4 is 62.3 Å². The molecule has 4 aromatic rings. The van der Waals surface area contributed by atoms with E-state index in [0.29, 0.717) is 15.6 Å². The zero-order valence-electron chi connectivity index (χ0n) is 22.6. The minimum absolute atomic E-state index is 0.0165. The molecule has 0 aliphatic rings. The van der Waals surface area contributed by atoms with Gasteiger partial charge in [-0.25, -0.2) is 8.42 Å². The molecule has 0 bridgehead atoms. The largest absolute Gasteiger partial charge is 0.357 e. The van der Waals surface area contributed by atoms with Gasteiger partial charge in [0.25, 0.3) is 10.0 Å². The highest BCUT2D eigenvalue weighted by atomic mass is 35.5. The lowest BCUT2D eigenvalue weighted by Crippen LogP contribution is -2.53. The van der Waals surface area contributed by atoms with Gasteiger partial charge in [0, 0.05) is 30.1 Å². The molecule has 0 aliphatic carbocycles. The predicted octanol–water partition coefficient (Wildman–Crippen LogP) is 6.23. The molecule has 4 rings (SSSR count). The molecule has 0 saturated carbocycles. The summed E-state index contributed by atoms with van der Waals surface area (Å²) in [5.74, 6) is -1.06. The summed E-state index contributed by atoms with van der Waals surface area (Å²) in [5, 5.41) is 3.49. The van der Waals surface area contributed by atoms with Crippen molar-refractivity contribution in [3.8, 4) is 0 Å². The number of hydrogen-bond donors (Lipinski definition) is 1. The predicted molar refractivity (Wildman–Crippen MR) is 167 cm³/mol. The normalized spacial score (nSPS) is 11.9. The molecule has 0 radical (unpaired) electrons. The average Bonchev–Trinajstić information content (AvgIpc) is 2.99. The first kappa shape index (κ1) is 31.4. The molecule has 2 amide bonds. The van der Waals surface area contributed by atoms with Gasteiger partial charge in [-0.2, -0.15) is 0 Å². The Kier molecular flexibility index (Phi) is 10.5. The van der Waals surface area contributed by atoms with Crippen LogP contribution < -0.4 is 9.62 Å². The molecule has 7 nitrogen and oxygen atoms in total. The Morgan fingerprint density at radius 1 is 0.810 bits per heavy atom. The number of benzene rings is 4. The van der Waals surface area contributed by atoms with Crippen molar-refractivity contribution in [3.05, 3.63) is 129 Å². The Hall–Kier alpha value is -3.56. The van der Waals surface area contributed by atoms with Crippen LogP contribution in [0.5, 0.6) is 0 Å². The van der Waals surface area contributed by atoms with Gasteiger partial charge in [-0.1, -0.05) is 102 Å². The van der Waals surface area contributed by atoms with Gasteiger partial charge in [0.1, 0.15) is 12.6 Å². The van der Waals surface area contributed by atoms with E-state index >= 15 is 0 Å². The van der Waals surface area contributed by atoms with E-state index in [1.165, 1.54) is 30.1 Å². The fourth-order valence-electron chi connectivity index (χ4n) is 4.44. The van der Waals surface area contributed by atoms with Crippen LogP contribution in [0.3, 0.4) is 0 Å². The molecule has 0 spiro atoms. The highest BCUT2D eigenvalue weighted by molar-refractivity contribution is 7.92. The lowest BCUT2D eigenvalue weighted by molar-refractivity contribution is -0.139. The smallest absolute Gasteiger partial charge is 0.264 e. The Bertz CT molecular complexity index is 1650. The Morgan fingerprint density at radius 3 is 2.05 bits per heavy atom. The first-order valence-corrected chi connectivity index (χ1v) is 15.5. The third-order valence-electron chi connectivity index (χ3n) is 6.60. The zero-order chi connectivity index (χ0) is 30.3. The van der Waals surface area contributed by atoms with E-state index in [1.54, 1.807) is 54.6 Å². The van der Waals surface area contributed by atoms with Gasteiger partial charge < -0.3 is 10.2 Å². The first-order valence-electron chi connectivity index (χ1n) is 12.9. The fourth-order valence-corrected chi connectivity index (χ4v) is 6.65. The molecule has 0 aromatic heterocycles. The number of rotatable bonds is 11. The van der Waals surface area contributed by atoms with Crippen LogP contribution in [-0.2, 0) is 32.6 Å². The van der Waals surface area contributed by atoms with Crippen molar-refractivity contribution in [3.63, 3.8) is 0 Å². The van der Waals surface area contributed by atoms with Crippen molar-refractivity contribution in [2.24, 2.45) is 0 Å². The number of nitrogens with one attached hydrogen (secondary N) is 1. The van der Waals surface area contributed by atoms with E-state index in [-0.39, 0.29) is 28.6 Å². The maximum atomic E-state index is 14.3. The third-order valence-corrected chi connectivity index (χ3v) is 9.29. The average molecular weight is 645 g/mol. The summed E-state index contributed by atoms with van der Waals surface area (Å²) in [6, 6.07) is 27.2. The Labute approximate surface area is 260 Å². The van der Waals surface area contributed by atoms with Gasteiger partial charge in [0.2, 0.25) is 11.8 Å². The maximum absolute atomic E-state index is 14.3. The van der Waals surface area contributed by atoms with Crippen molar-refractivity contribution < 1.29 is 18.0 Å². The van der Waals surface area contributed by atoms with Crippen LogP contribution in [0, 0.1) is 0 Å². The van der Waals surface area contributed by atoms with Gasteiger partial charge in [-0.05, 0) is 47.5 Å². The van der Waals surface area contributed by atoms with E-state index in [4.69, 9.17) is 34.8 Å². The number of carbonyl (C=O) groups excluding carboxylic acids is 2. The lowest BCUT2D eigenvalue weighted by atomic mass is 10.0. The Morgan fingerprint density at radius 2 is 1.43 bits per heavy atom. The fraction of sp³-hybridized carbons (Fsp3) is 0.161. The van der Waals surface area contributed by atoms with Gasteiger partial charge >= 0.3 is 0 Å². The van der Waals surface area contributed by atoms with Crippen LogP contribution in [0.15, 0.2) is 108 Å². The van der Waals surface area contributed by atoms with Gasteiger partial charge in [-0.15, -0.1) is 0 Å². The Balaban J connectivity index is 1.81. The summed E-state index contributed by atoms with van der Waals surface area (Å²) >= 11 is 19.0. The van der Waals surface area contributed by atoms with Crippen molar-refractivity contribution in [1.82, 2.24) is 10.2 Å². The molecular weight excluding hydrogens is 617 g/mol. The second-order valence-electron chi connectivity index (χ2n) is 9.35. The number of carbonyl (C=O) groups is 2. The quantitative estimate of drug-likeness (QED) is 0.210. The minimum Gasteiger partial charge on any atom is -0.357 e. The molecule has 0 fully saturated rings. The monoisotopic (exact) mass is 643 g/mol. The summed E-state index contributed by atoms with van der Waals surface area (Å²) in [5.41, 5.74) is 1.47. The minimum atomic E-state index is -4.24. The summed E-state index contributed by atoms with van der Waals surface area (Å²) < 4.78 is 28.8. The molecule has 1 atom stereocenters. The molecule has 42 heavy (non-hydrogen) atoms. The number of likely N-dealkylation sites (N-methyl/N-ethyl adjacent to an activating group) is 1. The number of para-hydroxylation sites is 1. The van der Waals surface area contributed by atoms with Crippen molar-refractivity contribution in [1.29, 1.82) is 0 Å². The number of amides is 2. The van der Waals surface area contributed by atoms with Crippen LogP contribution in [0.4, 0.5) is 5.69 Å². The van der Waals surface area contributed by atoms with Gasteiger partial charge in [0.15, 0.2) is 0 Å². The second kappa shape index (κ2) is 14.1. The summed E-state index contributed by atoms with van der Waals surface area (Å²) in [4.78, 5) is 28.9. The molecule has 218 valence electrons. The van der Waals surface area contributed by atoms with Crippen LogP contribution in [0.25, 0.3) is 0 Å². The molecular formula is C31H28Cl3N3O4S. The van der Waals surface area contributed by atoms with E-state index < -0.39 is 34.4 Å². The topological polar surface area (TPSA) is 86.8 Å². The molecule has 0 heterocycles. The second-order valence-corrected chi connectivity index (χ2v) is 12.5. The number of sulfonamides is 1. The number of nitrogens with zero attached hydrogens (tertiary/aromatic N) is 2. The molecule has 0 aliphatic heterocycles. The zero-order valence-corrected chi connectivity index (χ0v) is 25.7.